The number of hydrogen-bond donors (Lipinski definition) is 0. The summed E-state index contributed by atoms with van der Waals surface area (Å²) in [5.74, 6) is -0.488. The first-order valence-corrected chi connectivity index (χ1v) is 9.50. The summed E-state index contributed by atoms with van der Waals surface area (Å²) in [6, 6.07) is 10.9. The van der Waals surface area contributed by atoms with Crippen LogP contribution in [-0.2, 0) is 16.1 Å². The quantitative estimate of drug-likeness (QED) is 0.564. The van der Waals surface area contributed by atoms with Gasteiger partial charge < -0.3 is 19.1 Å². The predicted molar refractivity (Wildman–Crippen MR) is 107 cm³/mol. The molecule has 0 aliphatic heterocycles. The van der Waals surface area contributed by atoms with E-state index in [1.165, 1.54) is 24.1 Å². The number of carbonyl (C=O) groups excluding carboxylic acids is 2. The largest absolute Gasteiger partial charge is 0.490 e. The lowest BCUT2D eigenvalue weighted by molar-refractivity contribution is -0.133. The average molecular weight is 403 g/mol. The lowest BCUT2D eigenvalue weighted by Gasteiger charge is -2.18. The van der Waals surface area contributed by atoms with Crippen LogP contribution >= 0.6 is 0 Å². The van der Waals surface area contributed by atoms with Crippen LogP contribution in [0.1, 0.15) is 36.2 Å². The van der Waals surface area contributed by atoms with Crippen molar-refractivity contribution >= 4 is 11.9 Å². The minimum absolute atomic E-state index is 0.0843. The number of rotatable bonds is 10. The summed E-state index contributed by atoms with van der Waals surface area (Å²) in [5, 5.41) is 0. The van der Waals surface area contributed by atoms with Crippen LogP contribution in [0.15, 0.2) is 42.5 Å². The van der Waals surface area contributed by atoms with E-state index in [9.17, 15) is 14.0 Å². The van der Waals surface area contributed by atoms with Gasteiger partial charge in [0.15, 0.2) is 18.1 Å². The molecule has 0 radical (unpaired) electrons. The van der Waals surface area contributed by atoms with E-state index in [2.05, 4.69) is 0 Å². The summed E-state index contributed by atoms with van der Waals surface area (Å²) in [4.78, 5) is 25.8. The Kier molecular flexibility index (Phi) is 8.45. The van der Waals surface area contributed by atoms with Crippen molar-refractivity contribution in [2.24, 2.45) is 0 Å². The Morgan fingerprint density at radius 2 is 1.79 bits per heavy atom. The van der Waals surface area contributed by atoms with E-state index in [0.717, 1.165) is 6.42 Å². The van der Waals surface area contributed by atoms with Gasteiger partial charge in [0.2, 0.25) is 0 Å². The van der Waals surface area contributed by atoms with Crippen molar-refractivity contribution in [2.45, 2.75) is 26.8 Å². The van der Waals surface area contributed by atoms with Gasteiger partial charge in [-0.3, -0.25) is 4.79 Å². The Morgan fingerprint density at radius 1 is 1.03 bits per heavy atom. The lowest BCUT2D eigenvalue weighted by atomic mass is 10.2. The highest BCUT2D eigenvalue weighted by atomic mass is 19.1. The van der Waals surface area contributed by atoms with E-state index in [-0.39, 0.29) is 12.1 Å². The number of likely N-dealkylation sites (N-methyl/N-ethyl adjacent to an activating group) is 1. The van der Waals surface area contributed by atoms with E-state index < -0.39 is 24.3 Å². The molecule has 0 N–H and O–H groups in total. The Labute approximate surface area is 170 Å². The van der Waals surface area contributed by atoms with Crippen molar-refractivity contribution < 1.29 is 28.2 Å². The maximum Gasteiger partial charge on any atom is 0.338 e. The van der Waals surface area contributed by atoms with Gasteiger partial charge in [0.25, 0.3) is 5.91 Å². The molecule has 6 nitrogen and oxygen atoms in total. The molecule has 0 aliphatic rings. The molecule has 2 aromatic rings. The highest BCUT2D eigenvalue weighted by molar-refractivity contribution is 5.92. The highest BCUT2D eigenvalue weighted by Gasteiger charge is 2.17. The standard InChI is InChI=1S/C22H26FNO5/c1-4-12-28-19-11-10-16(13-20(19)27-5-2)22(26)29-15-21(25)24(3)14-17-8-6-7-9-18(17)23/h6-11,13H,4-5,12,14-15H2,1-3H3. The summed E-state index contributed by atoms with van der Waals surface area (Å²) in [6.07, 6.45) is 0.845. The molecule has 0 spiro atoms. The van der Waals surface area contributed by atoms with E-state index in [4.69, 9.17) is 14.2 Å². The van der Waals surface area contributed by atoms with Crippen molar-refractivity contribution in [3.8, 4) is 11.5 Å². The van der Waals surface area contributed by atoms with Gasteiger partial charge in [-0.05, 0) is 37.6 Å². The van der Waals surface area contributed by atoms with Gasteiger partial charge in [-0.25, -0.2) is 9.18 Å². The van der Waals surface area contributed by atoms with E-state index in [0.29, 0.717) is 30.3 Å². The predicted octanol–water partition coefficient (Wildman–Crippen LogP) is 3.83. The van der Waals surface area contributed by atoms with Crippen LogP contribution in [0.3, 0.4) is 0 Å². The topological polar surface area (TPSA) is 65.1 Å². The maximum atomic E-state index is 13.7. The first-order chi connectivity index (χ1) is 14.0. The minimum atomic E-state index is -0.652. The number of hydrogen-bond acceptors (Lipinski definition) is 5. The highest BCUT2D eigenvalue weighted by Crippen LogP contribution is 2.29. The Morgan fingerprint density at radius 3 is 2.48 bits per heavy atom. The fourth-order valence-corrected chi connectivity index (χ4v) is 2.53. The summed E-state index contributed by atoms with van der Waals surface area (Å²) < 4.78 is 30.0. The number of nitrogens with zero attached hydrogens (tertiary/aromatic N) is 1. The van der Waals surface area contributed by atoms with Crippen LogP contribution in [0.5, 0.6) is 11.5 Å². The van der Waals surface area contributed by atoms with E-state index in [1.54, 1.807) is 30.3 Å². The zero-order chi connectivity index (χ0) is 21.2. The molecule has 0 saturated heterocycles. The van der Waals surface area contributed by atoms with Crippen LogP contribution in [-0.4, -0.2) is 43.6 Å². The van der Waals surface area contributed by atoms with E-state index in [1.807, 2.05) is 13.8 Å². The monoisotopic (exact) mass is 403 g/mol. The molecule has 156 valence electrons. The smallest absolute Gasteiger partial charge is 0.338 e. The van der Waals surface area contributed by atoms with Crippen LogP contribution in [0.25, 0.3) is 0 Å². The second kappa shape index (κ2) is 11.0. The molecule has 0 aromatic heterocycles. The van der Waals surface area contributed by atoms with Gasteiger partial charge in [-0.2, -0.15) is 0 Å². The van der Waals surface area contributed by atoms with Crippen molar-refractivity contribution in [1.82, 2.24) is 4.90 Å². The first-order valence-electron chi connectivity index (χ1n) is 9.50. The molecular weight excluding hydrogens is 377 g/mol. The summed E-state index contributed by atoms with van der Waals surface area (Å²) in [5.41, 5.74) is 0.639. The van der Waals surface area contributed by atoms with Crippen molar-refractivity contribution in [2.75, 3.05) is 26.9 Å². The number of halogens is 1. The summed E-state index contributed by atoms with van der Waals surface area (Å²) >= 11 is 0. The van der Waals surface area contributed by atoms with Crippen molar-refractivity contribution in [3.05, 3.63) is 59.4 Å². The normalized spacial score (nSPS) is 10.3. The maximum absolute atomic E-state index is 13.7. The average Bonchev–Trinajstić information content (AvgIpc) is 2.72. The van der Waals surface area contributed by atoms with Crippen LogP contribution in [0.2, 0.25) is 0 Å². The van der Waals surface area contributed by atoms with E-state index >= 15 is 0 Å². The molecule has 0 fully saturated rings. The molecule has 0 atom stereocenters. The van der Waals surface area contributed by atoms with Gasteiger partial charge in [0, 0.05) is 19.2 Å². The number of benzene rings is 2. The van der Waals surface area contributed by atoms with Gasteiger partial charge in [-0.1, -0.05) is 25.1 Å². The van der Waals surface area contributed by atoms with Gasteiger partial charge in [0.1, 0.15) is 5.82 Å². The first kappa shape index (κ1) is 22.2. The Balaban J connectivity index is 1.96. The third kappa shape index (κ3) is 6.48. The number of amides is 1. The van der Waals surface area contributed by atoms with Crippen LogP contribution < -0.4 is 9.47 Å². The Bertz CT molecular complexity index is 840. The third-order valence-electron chi connectivity index (χ3n) is 4.06. The molecule has 0 saturated carbocycles. The zero-order valence-corrected chi connectivity index (χ0v) is 16.9. The molecule has 2 aromatic carbocycles. The second-order valence-corrected chi connectivity index (χ2v) is 6.36. The van der Waals surface area contributed by atoms with Gasteiger partial charge in [0.05, 0.1) is 18.8 Å². The molecule has 0 aliphatic carbocycles. The number of ether oxygens (including phenoxy) is 3. The van der Waals surface area contributed by atoms with Gasteiger partial charge in [-0.15, -0.1) is 0 Å². The molecule has 0 bridgehead atoms. The third-order valence-corrected chi connectivity index (χ3v) is 4.06. The van der Waals surface area contributed by atoms with Crippen molar-refractivity contribution in [3.63, 3.8) is 0 Å². The molecule has 1 amide bonds. The fraction of sp³-hybridized carbons (Fsp3) is 0.364. The zero-order valence-electron chi connectivity index (χ0n) is 16.9. The van der Waals surface area contributed by atoms with Crippen molar-refractivity contribution in [1.29, 1.82) is 0 Å². The lowest BCUT2D eigenvalue weighted by Crippen LogP contribution is -2.31. The molecule has 7 heteroatoms. The number of carbonyl (C=O) groups is 2. The second-order valence-electron chi connectivity index (χ2n) is 6.36. The minimum Gasteiger partial charge on any atom is -0.490 e. The number of esters is 1. The Hall–Kier alpha value is -3.09. The van der Waals surface area contributed by atoms with Crippen LogP contribution in [0.4, 0.5) is 4.39 Å². The molecule has 2 rings (SSSR count). The van der Waals surface area contributed by atoms with Crippen LogP contribution in [0, 0.1) is 5.82 Å². The van der Waals surface area contributed by atoms with Gasteiger partial charge >= 0.3 is 5.97 Å². The molecule has 0 unspecified atom stereocenters. The fourth-order valence-electron chi connectivity index (χ4n) is 2.53. The molecule has 29 heavy (non-hydrogen) atoms. The molecular formula is C22H26FNO5. The summed E-state index contributed by atoms with van der Waals surface area (Å²) in [7, 11) is 1.52. The molecule has 0 heterocycles. The summed E-state index contributed by atoms with van der Waals surface area (Å²) in [6.45, 7) is 4.42. The SMILES string of the molecule is CCCOc1ccc(C(=O)OCC(=O)N(C)Cc2ccccc2F)cc1OCC.